The van der Waals surface area contributed by atoms with E-state index >= 15 is 0 Å². The highest BCUT2D eigenvalue weighted by atomic mass is 35.5. The average Bonchev–Trinajstić information content (AvgIpc) is 3.38. The monoisotopic (exact) mass is 505 g/mol. The molecule has 2 heterocycles. The van der Waals surface area contributed by atoms with E-state index in [1.54, 1.807) is 6.20 Å². The summed E-state index contributed by atoms with van der Waals surface area (Å²) in [5.41, 5.74) is 6.08. The molecule has 9 nitrogen and oxygen atoms in total. The molecule has 1 amide bonds. The van der Waals surface area contributed by atoms with Crippen LogP contribution in [0, 0.1) is 17.6 Å². The quantitative estimate of drug-likeness (QED) is 0.397. The lowest BCUT2D eigenvalue weighted by molar-refractivity contribution is -0.122. The fourth-order valence-corrected chi connectivity index (χ4v) is 5.25. The Morgan fingerprint density at radius 1 is 1.11 bits per heavy atom. The van der Waals surface area contributed by atoms with E-state index in [1.807, 2.05) is 4.57 Å². The van der Waals surface area contributed by atoms with Crippen molar-refractivity contribution in [3.63, 3.8) is 0 Å². The summed E-state index contributed by atoms with van der Waals surface area (Å²) in [6.07, 6.45) is 5.79. The maximum atomic E-state index is 14.6. The fraction of sp³-hybridized carbons (Fsp3) is 0.478. The molecule has 0 radical (unpaired) electrons. The number of nitrogens with zero attached hydrogens (tertiary/aromatic N) is 4. The largest absolute Gasteiger partial charge is 0.393 e. The Labute approximate surface area is 205 Å². The number of aromatic nitrogens is 4. The van der Waals surface area contributed by atoms with Gasteiger partial charge in [-0.2, -0.15) is 4.98 Å². The summed E-state index contributed by atoms with van der Waals surface area (Å²) in [4.78, 5) is 25.2. The van der Waals surface area contributed by atoms with Crippen molar-refractivity contribution in [3.05, 3.63) is 35.0 Å². The number of halogens is 3. The summed E-state index contributed by atoms with van der Waals surface area (Å²) < 4.78 is 30.9. The van der Waals surface area contributed by atoms with Gasteiger partial charge in [-0.25, -0.2) is 18.7 Å². The Morgan fingerprint density at radius 2 is 1.83 bits per heavy atom. The van der Waals surface area contributed by atoms with Gasteiger partial charge in [0, 0.05) is 23.0 Å². The molecule has 2 aromatic heterocycles. The van der Waals surface area contributed by atoms with Gasteiger partial charge in [0.2, 0.25) is 17.8 Å². The van der Waals surface area contributed by atoms with Gasteiger partial charge in [0.25, 0.3) is 0 Å². The molecule has 2 aliphatic rings. The highest BCUT2D eigenvalue weighted by molar-refractivity contribution is 6.30. The first-order valence-electron chi connectivity index (χ1n) is 11.7. The third kappa shape index (κ3) is 4.87. The van der Waals surface area contributed by atoms with Crippen molar-refractivity contribution in [3.8, 4) is 0 Å². The summed E-state index contributed by atoms with van der Waals surface area (Å²) in [7, 11) is 0. The molecule has 5 N–H and O–H groups in total. The number of rotatable bonds is 6. The minimum Gasteiger partial charge on any atom is -0.393 e. The van der Waals surface area contributed by atoms with Crippen LogP contribution in [-0.4, -0.2) is 42.7 Å². The zero-order chi connectivity index (χ0) is 24.7. The van der Waals surface area contributed by atoms with E-state index in [0.717, 1.165) is 18.6 Å². The number of primary amides is 1. The van der Waals surface area contributed by atoms with Crippen LogP contribution in [0.1, 0.15) is 51.0 Å². The molecule has 0 aliphatic heterocycles. The Balaban J connectivity index is 1.52. The zero-order valence-electron chi connectivity index (χ0n) is 18.8. The van der Waals surface area contributed by atoms with E-state index in [2.05, 4.69) is 25.6 Å². The number of carbonyl (C=O) groups is 1. The predicted molar refractivity (Wildman–Crippen MR) is 127 cm³/mol. The van der Waals surface area contributed by atoms with Crippen LogP contribution in [0.15, 0.2) is 18.3 Å². The van der Waals surface area contributed by atoms with Crippen LogP contribution in [-0.2, 0) is 4.79 Å². The first-order chi connectivity index (χ1) is 16.8. The van der Waals surface area contributed by atoms with Crippen LogP contribution in [0.25, 0.3) is 11.2 Å². The number of carbonyl (C=O) groups excluding carboxylic acids is 1. The lowest BCUT2D eigenvalue weighted by Crippen LogP contribution is -2.29. The van der Waals surface area contributed by atoms with Gasteiger partial charge in [0.15, 0.2) is 17.3 Å². The number of aliphatic hydroxyl groups excluding tert-OH is 1. The second-order valence-corrected chi connectivity index (χ2v) is 9.73. The molecule has 2 aliphatic carbocycles. The Hall–Kier alpha value is -3.05. The number of benzene rings is 1. The smallest absolute Gasteiger partial charge is 0.224 e. The maximum absolute atomic E-state index is 14.6. The molecular formula is C23H26ClF2N7O2. The highest BCUT2D eigenvalue weighted by Gasteiger charge is 2.30. The molecule has 35 heavy (non-hydrogen) atoms. The van der Waals surface area contributed by atoms with E-state index < -0.39 is 11.6 Å². The lowest BCUT2D eigenvalue weighted by Gasteiger charge is -2.29. The Bertz CT molecular complexity index is 1240. The molecule has 3 aromatic rings. The van der Waals surface area contributed by atoms with Gasteiger partial charge in [-0.05, 0) is 57.1 Å². The zero-order valence-corrected chi connectivity index (χ0v) is 19.6. The number of aliphatic hydroxyl groups is 1. The van der Waals surface area contributed by atoms with Crippen molar-refractivity contribution in [1.29, 1.82) is 0 Å². The number of amides is 1. The first-order valence-corrected chi connectivity index (χ1v) is 12.1. The summed E-state index contributed by atoms with van der Waals surface area (Å²) in [5, 5.41) is 15.8. The molecule has 2 saturated carbocycles. The van der Waals surface area contributed by atoms with Crippen molar-refractivity contribution in [2.45, 2.75) is 63.1 Å². The van der Waals surface area contributed by atoms with Crippen molar-refractivity contribution < 1.29 is 18.7 Å². The molecule has 0 saturated heterocycles. The van der Waals surface area contributed by atoms with Crippen LogP contribution < -0.4 is 16.4 Å². The number of fused-ring (bicyclic) bond motifs is 1. The summed E-state index contributed by atoms with van der Waals surface area (Å²) >= 11 is 5.77. The maximum Gasteiger partial charge on any atom is 0.224 e. The first kappa shape index (κ1) is 23.7. The molecule has 2 atom stereocenters. The number of anilines is 3. The van der Waals surface area contributed by atoms with Gasteiger partial charge in [-0.1, -0.05) is 11.6 Å². The van der Waals surface area contributed by atoms with Crippen molar-refractivity contribution in [2.24, 2.45) is 11.7 Å². The molecule has 1 aromatic carbocycles. The van der Waals surface area contributed by atoms with Crippen LogP contribution in [0.3, 0.4) is 0 Å². The molecule has 2 fully saturated rings. The van der Waals surface area contributed by atoms with Gasteiger partial charge in [-0.3, -0.25) is 9.36 Å². The predicted octanol–water partition coefficient (Wildman–Crippen LogP) is 4.04. The lowest BCUT2D eigenvalue weighted by atomic mass is 9.85. The van der Waals surface area contributed by atoms with E-state index in [-0.39, 0.29) is 46.7 Å². The minimum absolute atomic E-state index is 0.0533. The molecule has 186 valence electrons. The number of nitrogens with one attached hydrogen (secondary N) is 2. The molecule has 0 unspecified atom stereocenters. The second-order valence-electron chi connectivity index (χ2n) is 9.29. The molecule has 5 rings (SSSR count). The second kappa shape index (κ2) is 9.54. The molecule has 0 bridgehead atoms. The van der Waals surface area contributed by atoms with E-state index in [0.29, 0.717) is 55.6 Å². The van der Waals surface area contributed by atoms with Crippen LogP contribution >= 0.6 is 11.6 Å². The number of imidazole rings is 1. The van der Waals surface area contributed by atoms with Crippen molar-refractivity contribution in [2.75, 3.05) is 10.6 Å². The van der Waals surface area contributed by atoms with E-state index in [1.165, 1.54) is 0 Å². The fourth-order valence-electron chi connectivity index (χ4n) is 5.06. The van der Waals surface area contributed by atoms with E-state index in [9.17, 15) is 18.7 Å². The minimum atomic E-state index is -0.848. The number of hydrogen-bond acceptors (Lipinski definition) is 7. The highest BCUT2D eigenvalue weighted by Crippen LogP contribution is 2.38. The van der Waals surface area contributed by atoms with Gasteiger partial charge in [-0.15, -0.1) is 0 Å². The van der Waals surface area contributed by atoms with Crippen molar-refractivity contribution in [1.82, 2.24) is 19.5 Å². The van der Waals surface area contributed by atoms with Crippen LogP contribution in [0.4, 0.5) is 26.4 Å². The van der Waals surface area contributed by atoms with Crippen LogP contribution in [0.2, 0.25) is 5.02 Å². The standard InChI is InChI=1S/C23H26ClF2N7O2/c24-12-7-16(25)19(17(26)8-12)31-23-30-18-10-28-22(29-13-3-6-15(34)9-13)32-21(18)33(23)14-4-1-11(2-5-14)20(27)35/h7-8,10-11,13-15,34H,1-6,9H2,(H2,27,35)(H,30,31)(H,28,29,32)/t11-,13-,14-,15-/m0/s1. The Morgan fingerprint density at radius 3 is 2.46 bits per heavy atom. The third-order valence-corrected chi connectivity index (χ3v) is 7.10. The van der Waals surface area contributed by atoms with Crippen LogP contribution in [0.5, 0.6) is 0 Å². The molecular weight excluding hydrogens is 480 g/mol. The topological polar surface area (TPSA) is 131 Å². The summed E-state index contributed by atoms with van der Waals surface area (Å²) in [6, 6.07) is 1.98. The number of hydrogen-bond donors (Lipinski definition) is 4. The van der Waals surface area contributed by atoms with Gasteiger partial charge in [0.1, 0.15) is 11.2 Å². The average molecular weight is 506 g/mol. The SMILES string of the molecule is NC(=O)[C@H]1CC[C@H](n2c(Nc3c(F)cc(Cl)cc3F)nc3cnc(N[C@H]4CC[C@H](O)C4)nc32)CC1. The van der Waals surface area contributed by atoms with Crippen molar-refractivity contribution >= 4 is 46.3 Å². The van der Waals surface area contributed by atoms with Gasteiger partial charge in [0.05, 0.1) is 12.3 Å². The number of nitrogens with two attached hydrogens (primary N) is 1. The van der Waals surface area contributed by atoms with Gasteiger partial charge >= 0.3 is 0 Å². The van der Waals surface area contributed by atoms with E-state index in [4.69, 9.17) is 17.3 Å². The van der Waals surface area contributed by atoms with Gasteiger partial charge < -0.3 is 21.5 Å². The molecule has 0 spiro atoms. The normalized spacial score (nSPS) is 24.6. The Kier molecular flexibility index (Phi) is 6.45. The third-order valence-electron chi connectivity index (χ3n) is 6.88. The summed E-state index contributed by atoms with van der Waals surface area (Å²) in [6.45, 7) is 0. The molecule has 12 heteroatoms. The summed E-state index contributed by atoms with van der Waals surface area (Å²) in [5.74, 6) is -1.62.